The maximum Gasteiger partial charge on any atom is 0.356 e. The largest absolute Gasteiger partial charge is 0.476 e. The number of carbonyl (C=O) groups is 2. The minimum Gasteiger partial charge on any atom is -0.476 e. The number of hydrogen-bond acceptors (Lipinski definition) is 4. The first-order valence-electron chi connectivity index (χ1n) is 10.1. The minimum atomic E-state index is -0.928. The van der Waals surface area contributed by atoms with Gasteiger partial charge in [-0.3, -0.25) is 14.4 Å². The molecule has 3 rings (SSSR count). The van der Waals surface area contributed by atoms with E-state index in [2.05, 4.69) is 16.9 Å². The summed E-state index contributed by atoms with van der Waals surface area (Å²) in [4.78, 5) is 28.5. The summed E-state index contributed by atoms with van der Waals surface area (Å²) in [5, 5.41) is 13.9. The fourth-order valence-corrected chi connectivity index (χ4v) is 4.31. The Kier molecular flexibility index (Phi) is 5.60. The van der Waals surface area contributed by atoms with Crippen molar-refractivity contribution in [1.29, 1.82) is 0 Å². The molecule has 2 aliphatic rings. The van der Waals surface area contributed by atoms with E-state index >= 15 is 0 Å². The number of carboxylic acid groups (broad SMARTS) is 1. The van der Waals surface area contributed by atoms with Crippen molar-refractivity contribution in [3.63, 3.8) is 0 Å². The van der Waals surface area contributed by atoms with Crippen molar-refractivity contribution in [3.05, 3.63) is 17.0 Å². The van der Waals surface area contributed by atoms with E-state index in [4.69, 9.17) is 0 Å². The second-order valence-corrected chi connectivity index (χ2v) is 8.78. The van der Waals surface area contributed by atoms with Gasteiger partial charge in [-0.05, 0) is 25.7 Å². The third-order valence-corrected chi connectivity index (χ3v) is 5.72. The van der Waals surface area contributed by atoms with Crippen molar-refractivity contribution < 1.29 is 14.7 Å². The van der Waals surface area contributed by atoms with Gasteiger partial charge in [0.25, 0.3) is 0 Å². The molecule has 0 unspecified atom stereocenters. The lowest BCUT2D eigenvalue weighted by Gasteiger charge is -2.42. The molecule has 1 aliphatic carbocycles. The topological polar surface area (TPSA) is 78.7 Å². The zero-order chi connectivity index (χ0) is 19.8. The Hall–Kier alpha value is -1.89. The molecule has 0 radical (unpaired) electrons. The monoisotopic (exact) mass is 376 g/mol. The number of aryl methyl sites for hydroxylation is 1. The number of fused-ring (bicyclic) bond motifs is 1. The molecular weight excluding hydrogens is 344 g/mol. The molecule has 1 amide bonds. The van der Waals surface area contributed by atoms with Crippen LogP contribution in [0.4, 0.5) is 0 Å². The van der Waals surface area contributed by atoms with Gasteiger partial charge in [0.1, 0.15) is 0 Å². The summed E-state index contributed by atoms with van der Waals surface area (Å²) in [5.41, 5.74) is 1.91. The van der Waals surface area contributed by atoms with Crippen LogP contribution in [0.2, 0.25) is 0 Å². The predicted octanol–water partition coefficient (Wildman–Crippen LogP) is 2.04. The summed E-state index contributed by atoms with van der Waals surface area (Å²) >= 11 is 0. The highest BCUT2D eigenvalue weighted by Crippen LogP contribution is 2.29. The van der Waals surface area contributed by atoms with Gasteiger partial charge in [0.05, 0.1) is 0 Å². The van der Waals surface area contributed by atoms with Crippen LogP contribution >= 0.6 is 0 Å². The highest BCUT2D eigenvalue weighted by atomic mass is 16.4. The van der Waals surface area contributed by atoms with Gasteiger partial charge in [-0.1, -0.05) is 27.7 Å². The number of carbonyl (C=O) groups excluding carboxylic acids is 1. The molecule has 1 atom stereocenters. The highest BCUT2D eigenvalue weighted by molar-refractivity contribution is 5.87. The smallest absolute Gasteiger partial charge is 0.356 e. The molecule has 1 saturated heterocycles. The van der Waals surface area contributed by atoms with E-state index in [-0.39, 0.29) is 17.0 Å². The van der Waals surface area contributed by atoms with Crippen LogP contribution in [0.25, 0.3) is 0 Å². The van der Waals surface area contributed by atoms with Crippen LogP contribution in [-0.2, 0) is 24.2 Å². The molecule has 0 aromatic carbocycles. The van der Waals surface area contributed by atoms with E-state index in [1.165, 1.54) is 0 Å². The Morgan fingerprint density at radius 2 is 1.85 bits per heavy atom. The number of carboxylic acids is 1. The standard InChI is InChI=1S/C20H32N4O3/c1-5-8-24-16-7-6-14(13-15(16)17(21-24)18(25)26)22-9-11-23(12-10-22)19(27)20(2,3)4/h14H,5-13H2,1-4H3,(H,25,26)/t14-/m0/s1. The molecule has 1 aromatic heterocycles. The lowest BCUT2D eigenvalue weighted by atomic mass is 9.89. The van der Waals surface area contributed by atoms with Gasteiger partial charge in [-0.25, -0.2) is 4.79 Å². The first-order valence-corrected chi connectivity index (χ1v) is 10.1. The highest BCUT2D eigenvalue weighted by Gasteiger charge is 2.35. The van der Waals surface area contributed by atoms with E-state index in [1.807, 2.05) is 30.4 Å². The Morgan fingerprint density at radius 3 is 2.41 bits per heavy atom. The van der Waals surface area contributed by atoms with Gasteiger partial charge in [0.15, 0.2) is 5.69 Å². The van der Waals surface area contributed by atoms with E-state index in [0.29, 0.717) is 6.04 Å². The number of aromatic nitrogens is 2. The molecule has 1 aromatic rings. The molecule has 27 heavy (non-hydrogen) atoms. The lowest BCUT2D eigenvalue weighted by Crippen LogP contribution is -2.55. The fraction of sp³-hybridized carbons (Fsp3) is 0.750. The van der Waals surface area contributed by atoms with Crippen molar-refractivity contribution in [2.75, 3.05) is 26.2 Å². The molecule has 2 heterocycles. The molecule has 0 spiro atoms. The zero-order valence-electron chi connectivity index (χ0n) is 17.0. The van der Waals surface area contributed by atoms with Crippen LogP contribution in [0, 0.1) is 5.41 Å². The lowest BCUT2D eigenvalue weighted by molar-refractivity contribution is -0.141. The molecule has 0 bridgehead atoms. The van der Waals surface area contributed by atoms with E-state index in [0.717, 1.165) is 69.7 Å². The van der Waals surface area contributed by atoms with E-state index < -0.39 is 5.97 Å². The summed E-state index contributed by atoms with van der Waals surface area (Å²) in [6.45, 7) is 12.0. The summed E-state index contributed by atoms with van der Waals surface area (Å²) in [5.74, 6) is -0.718. The number of amides is 1. The number of piperazine rings is 1. The van der Waals surface area contributed by atoms with Gasteiger partial charge in [0.2, 0.25) is 5.91 Å². The second-order valence-electron chi connectivity index (χ2n) is 8.78. The molecule has 150 valence electrons. The van der Waals surface area contributed by atoms with Gasteiger partial charge in [-0.2, -0.15) is 5.10 Å². The molecule has 7 nitrogen and oxygen atoms in total. The Morgan fingerprint density at radius 1 is 1.19 bits per heavy atom. The molecule has 1 aliphatic heterocycles. The quantitative estimate of drug-likeness (QED) is 0.870. The van der Waals surface area contributed by atoms with E-state index in [9.17, 15) is 14.7 Å². The van der Waals surface area contributed by atoms with Crippen LogP contribution in [0.1, 0.15) is 62.3 Å². The Bertz CT molecular complexity index is 712. The summed E-state index contributed by atoms with van der Waals surface area (Å²) in [6.07, 6.45) is 3.59. The maximum absolute atomic E-state index is 12.5. The SMILES string of the molecule is CCCn1nc(C(=O)O)c2c1CC[C@H](N1CCN(C(=O)C(C)(C)C)CC1)C2. The molecule has 1 N–H and O–H groups in total. The van der Waals surface area contributed by atoms with Crippen molar-refractivity contribution in [2.24, 2.45) is 5.41 Å². The number of aromatic carboxylic acids is 1. The van der Waals surface area contributed by atoms with Gasteiger partial charge < -0.3 is 10.0 Å². The molecular formula is C20H32N4O3. The van der Waals surface area contributed by atoms with Crippen LogP contribution in [0.5, 0.6) is 0 Å². The average molecular weight is 377 g/mol. The number of nitrogens with zero attached hydrogens (tertiary/aromatic N) is 4. The van der Waals surface area contributed by atoms with Crippen LogP contribution in [0.15, 0.2) is 0 Å². The van der Waals surface area contributed by atoms with Crippen LogP contribution in [-0.4, -0.2) is 68.8 Å². The third-order valence-electron chi connectivity index (χ3n) is 5.72. The van der Waals surface area contributed by atoms with Crippen molar-refractivity contribution >= 4 is 11.9 Å². The predicted molar refractivity (Wildman–Crippen MR) is 103 cm³/mol. The normalized spacial score (nSPS) is 21.2. The summed E-state index contributed by atoms with van der Waals surface area (Å²) in [7, 11) is 0. The minimum absolute atomic E-state index is 0.210. The van der Waals surface area contributed by atoms with E-state index in [1.54, 1.807) is 0 Å². The Balaban J connectivity index is 1.69. The first-order chi connectivity index (χ1) is 12.7. The first kappa shape index (κ1) is 19.9. The summed E-state index contributed by atoms with van der Waals surface area (Å²) in [6, 6.07) is 0.335. The third kappa shape index (κ3) is 4.03. The number of hydrogen-bond donors (Lipinski definition) is 1. The molecule has 1 fully saturated rings. The maximum atomic E-state index is 12.5. The van der Waals surface area contributed by atoms with Crippen molar-refractivity contribution in [2.45, 2.75) is 66.0 Å². The molecule has 7 heteroatoms. The number of rotatable bonds is 4. The zero-order valence-corrected chi connectivity index (χ0v) is 17.0. The van der Waals surface area contributed by atoms with Gasteiger partial charge >= 0.3 is 5.97 Å². The average Bonchev–Trinajstić information content (AvgIpc) is 2.99. The van der Waals surface area contributed by atoms with Crippen molar-refractivity contribution in [3.8, 4) is 0 Å². The van der Waals surface area contributed by atoms with Crippen molar-refractivity contribution in [1.82, 2.24) is 19.6 Å². The Labute approximate surface area is 161 Å². The fourth-order valence-electron chi connectivity index (χ4n) is 4.31. The summed E-state index contributed by atoms with van der Waals surface area (Å²) < 4.78 is 1.90. The van der Waals surface area contributed by atoms with Gasteiger partial charge in [-0.15, -0.1) is 0 Å². The van der Waals surface area contributed by atoms with Gasteiger partial charge in [0, 0.05) is 55.4 Å². The van der Waals surface area contributed by atoms with Crippen LogP contribution in [0.3, 0.4) is 0 Å². The van der Waals surface area contributed by atoms with Crippen LogP contribution < -0.4 is 0 Å². The molecule has 0 saturated carbocycles. The second kappa shape index (κ2) is 7.62.